The van der Waals surface area contributed by atoms with Crippen molar-refractivity contribution in [2.75, 3.05) is 0 Å². The van der Waals surface area contributed by atoms with Gasteiger partial charge >= 0.3 is 0 Å². The topological polar surface area (TPSA) is 98.9 Å². The molecule has 2 aromatic carbocycles. The molecule has 1 N–H and O–H groups in total. The standard InChI is InChI=1S/C24H21F2N5O3/c1-2-16(28-22(32)13-30-14-27-21-6-4-3-5-17(21)24(30)34)12-31-23(33)10-9-20(29-31)15-7-8-18(25)19(26)11-15/h3-11,14,16H,2,12-13H2,1H3,(H,28,32)/t16-/m1/s1. The van der Waals surface area contributed by atoms with Crippen LogP contribution in [0.3, 0.4) is 0 Å². The zero-order valence-corrected chi connectivity index (χ0v) is 18.2. The summed E-state index contributed by atoms with van der Waals surface area (Å²) in [5.41, 5.74) is 0.406. The van der Waals surface area contributed by atoms with E-state index in [0.29, 0.717) is 22.9 Å². The highest BCUT2D eigenvalue weighted by molar-refractivity contribution is 5.79. The zero-order valence-electron chi connectivity index (χ0n) is 18.2. The number of carbonyl (C=O) groups is 1. The maximum atomic E-state index is 13.6. The average molecular weight is 465 g/mol. The van der Waals surface area contributed by atoms with Gasteiger partial charge in [0.15, 0.2) is 11.6 Å². The van der Waals surface area contributed by atoms with Crippen LogP contribution in [0.2, 0.25) is 0 Å². The van der Waals surface area contributed by atoms with E-state index in [-0.39, 0.29) is 24.3 Å². The van der Waals surface area contributed by atoms with Gasteiger partial charge in [0.05, 0.1) is 29.5 Å². The highest BCUT2D eigenvalue weighted by atomic mass is 19.2. The molecule has 2 aromatic heterocycles. The van der Waals surface area contributed by atoms with E-state index in [9.17, 15) is 23.2 Å². The lowest BCUT2D eigenvalue weighted by atomic mass is 10.1. The number of benzene rings is 2. The van der Waals surface area contributed by atoms with Crippen LogP contribution in [0, 0.1) is 11.6 Å². The molecule has 1 amide bonds. The highest BCUT2D eigenvalue weighted by Crippen LogP contribution is 2.18. The quantitative estimate of drug-likeness (QED) is 0.452. The summed E-state index contributed by atoms with van der Waals surface area (Å²) in [7, 11) is 0. The Balaban J connectivity index is 1.50. The number of rotatable bonds is 7. The fraction of sp³-hybridized carbons (Fsp3) is 0.208. The van der Waals surface area contributed by atoms with Crippen LogP contribution in [0.1, 0.15) is 13.3 Å². The number of aromatic nitrogens is 4. The highest BCUT2D eigenvalue weighted by Gasteiger charge is 2.15. The van der Waals surface area contributed by atoms with E-state index in [1.165, 1.54) is 29.1 Å². The smallest absolute Gasteiger partial charge is 0.266 e. The first-order valence-electron chi connectivity index (χ1n) is 10.6. The summed E-state index contributed by atoms with van der Waals surface area (Å²) < 4.78 is 29.2. The van der Waals surface area contributed by atoms with Crippen LogP contribution in [-0.4, -0.2) is 31.3 Å². The summed E-state index contributed by atoms with van der Waals surface area (Å²) in [4.78, 5) is 41.8. The van der Waals surface area contributed by atoms with Crippen molar-refractivity contribution >= 4 is 16.8 Å². The van der Waals surface area contributed by atoms with Gasteiger partial charge in [-0.2, -0.15) is 5.10 Å². The maximum Gasteiger partial charge on any atom is 0.266 e. The number of amides is 1. The second-order valence-corrected chi connectivity index (χ2v) is 7.74. The van der Waals surface area contributed by atoms with E-state index in [2.05, 4.69) is 15.4 Å². The largest absolute Gasteiger partial charge is 0.350 e. The average Bonchev–Trinajstić information content (AvgIpc) is 2.83. The van der Waals surface area contributed by atoms with E-state index in [1.807, 2.05) is 6.92 Å². The Labute approximate surface area is 192 Å². The number of fused-ring (bicyclic) bond motifs is 1. The van der Waals surface area contributed by atoms with Crippen LogP contribution >= 0.6 is 0 Å². The van der Waals surface area contributed by atoms with E-state index >= 15 is 0 Å². The normalized spacial score (nSPS) is 12.0. The molecule has 0 bridgehead atoms. The van der Waals surface area contributed by atoms with Crippen LogP contribution in [-0.2, 0) is 17.9 Å². The Morgan fingerprint density at radius 1 is 1.06 bits per heavy atom. The molecule has 0 saturated carbocycles. The summed E-state index contributed by atoms with van der Waals surface area (Å²) >= 11 is 0. The molecule has 0 aliphatic rings. The van der Waals surface area contributed by atoms with Gasteiger partial charge in [0.1, 0.15) is 6.54 Å². The van der Waals surface area contributed by atoms with Crippen molar-refractivity contribution in [1.29, 1.82) is 0 Å². The third-order valence-corrected chi connectivity index (χ3v) is 5.38. The number of hydrogen-bond acceptors (Lipinski definition) is 5. The number of halogens is 2. The van der Waals surface area contributed by atoms with Gasteiger partial charge in [-0.05, 0) is 42.8 Å². The molecule has 0 spiro atoms. The van der Waals surface area contributed by atoms with Crippen LogP contribution < -0.4 is 16.4 Å². The van der Waals surface area contributed by atoms with Crippen molar-refractivity contribution in [3.8, 4) is 11.3 Å². The molecule has 0 radical (unpaired) electrons. The van der Waals surface area contributed by atoms with Gasteiger partial charge in [0, 0.05) is 17.7 Å². The van der Waals surface area contributed by atoms with Crippen molar-refractivity contribution in [3.05, 3.63) is 93.3 Å². The molecule has 4 aromatic rings. The lowest BCUT2D eigenvalue weighted by Crippen LogP contribution is -2.42. The number of nitrogens with zero attached hydrogens (tertiary/aromatic N) is 4. The Morgan fingerprint density at radius 3 is 2.62 bits per heavy atom. The van der Waals surface area contributed by atoms with Gasteiger partial charge in [0.25, 0.3) is 11.1 Å². The first kappa shape index (κ1) is 23.0. The predicted octanol–water partition coefficient (Wildman–Crippen LogP) is 2.49. The summed E-state index contributed by atoms with van der Waals surface area (Å²) in [6.45, 7) is 1.66. The maximum absolute atomic E-state index is 13.6. The van der Waals surface area contributed by atoms with Crippen LogP contribution in [0.5, 0.6) is 0 Å². The van der Waals surface area contributed by atoms with Crippen LogP contribution in [0.15, 0.2) is 70.5 Å². The molecule has 2 heterocycles. The number of para-hydroxylation sites is 1. The second kappa shape index (κ2) is 9.74. The van der Waals surface area contributed by atoms with E-state index in [1.54, 1.807) is 24.3 Å². The minimum atomic E-state index is -1.02. The van der Waals surface area contributed by atoms with E-state index in [0.717, 1.165) is 16.8 Å². The van der Waals surface area contributed by atoms with Gasteiger partial charge < -0.3 is 5.32 Å². The van der Waals surface area contributed by atoms with E-state index < -0.39 is 29.1 Å². The Kier molecular flexibility index (Phi) is 6.58. The van der Waals surface area contributed by atoms with Gasteiger partial charge in [-0.1, -0.05) is 19.1 Å². The predicted molar refractivity (Wildman–Crippen MR) is 122 cm³/mol. The fourth-order valence-electron chi connectivity index (χ4n) is 3.52. The van der Waals surface area contributed by atoms with Crippen molar-refractivity contribution < 1.29 is 13.6 Å². The minimum absolute atomic E-state index is 0.0590. The van der Waals surface area contributed by atoms with Crippen LogP contribution in [0.4, 0.5) is 8.78 Å². The summed E-state index contributed by atoms with van der Waals surface area (Å²) in [6, 6.07) is 12.5. The van der Waals surface area contributed by atoms with Crippen LogP contribution in [0.25, 0.3) is 22.2 Å². The molecule has 0 saturated heterocycles. The zero-order chi connectivity index (χ0) is 24.2. The van der Waals surface area contributed by atoms with Gasteiger partial charge in [-0.25, -0.2) is 18.4 Å². The van der Waals surface area contributed by atoms with Gasteiger partial charge in [-0.15, -0.1) is 0 Å². The lowest BCUT2D eigenvalue weighted by Gasteiger charge is -2.18. The Hall–Kier alpha value is -4.21. The lowest BCUT2D eigenvalue weighted by molar-refractivity contribution is -0.122. The first-order valence-corrected chi connectivity index (χ1v) is 10.6. The van der Waals surface area contributed by atoms with Crippen molar-refractivity contribution in [3.63, 3.8) is 0 Å². The monoisotopic (exact) mass is 465 g/mol. The van der Waals surface area contributed by atoms with Crippen molar-refractivity contribution in [2.24, 2.45) is 0 Å². The molecule has 4 rings (SSSR count). The SMILES string of the molecule is CC[C@H](Cn1nc(-c2ccc(F)c(F)c2)ccc1=O)NC(=O)Cn1cnc2ccccc2c1=O. The second-order valence-electron chi connectivity index (χ2n) is 7.74. The summed E-state index contributed by atoms with van der Waals surface area (Å²) in [5.74, 6) is -2.42. The summed E-state index contributed by atoms with van der Waals surface area (Å²) in [5, 5.41) is 7.46. The van der Waals surface area contributed by atoms with Crippen molar-refractivity contribution in [2.45, 2.75) is 32.5 Å². The Bertz CT molecular complexity index is 1480. The molecular formula is C24H21F2N5O3. The molecule has 1 atom stereocenters. The molecule has 34 heavy (non-hydrogen) atoms. The minimum Gasteiger partial charge on any atom is -0.350 e. The first-order chi connectivity index (χ1) is 16.4. The van der Waals surface area contributed by atoms with E-state index in [4.69, 9.17) is 0 Å². The molecule has 8 nitrogen and oxygen atoms in total. The Morgan fingerprint density at radius 2 is 1.85 bits per heavy atom. The number of nitrogens with one attached hydrogen (secondary N) is 1. The summed E-state index contributed by atoms with van der Waals surface area (Å²) in [6.07, 6.45) is 1.81. The molecule has 0 unspecified atom stereocenters. The van der Waals surface area contributed by atoms with Gasteiger partial charge in [0.2, 0.25) is 5.91 Å². The number of carbonyl (C=O) groups excluding carboxylic acids is 1. The molecule has 0 aliphatic carbocycles. The number of hydrogen-bond donors (Lipinski definition) is 1. The fourth-order valence-corrected chi connectivity index (χ4v) is 3.52. The third-order valence-electron chi connectivity index (χ3n) is 5.38. The third kappa shape index (κ3) is 4.90. The molecular weight excluding hydrogens is 444 g/mol. The molecule has 0 fully saturated rings. The van der Waals surface area contributed by atoms with Gasteiger partial charge in [-0.3, -0.25) is 19.0 Å². The van der Waals surface area contributed by atoms with Crippen molar-refractivity contribution in [1.82, 2.24) is 24.6 Å². The molecule has 174 valence electrons. The molecule has 0 aliphatic heterocycles. The molecule has 10 heteroatoms.